The van der Waals surface area contributed by atoms with E-state index in [1.54, 1.807) is 0 Å². The summed E-state index contributed by atoms with van der Waals surface area (Å²) in [6, 6.07) is 10.6. The average molecular weight is 380 g/mol. The Kier molecular flexibility index (Phi) is 8.44. The van der Waals surface area contributed by atoms with Crippen LogP contribution < -0.4 is 0 Å². The van der Waals surface area contributed by atoms with Crippen LogP contribution in [0.3, 0.4) is 0 Å². The number of hydrogen-bond donors (Lipinski definition) is 0. The minimum Gasteiger partial charge on any atom is -0.192 e. The molecule has 0 aromatic heterocycles. The third-order valence-corrected chi connectivity index (χ3v) is 7.98. The summed E-state index contributed by atoms with van der Waals surface area (Å²) in [5.41, 5.74) is 2.23. The Hall–Kier alpha value is -1.29. The molecular formula is C27H41N. The monoisotopic (exact) mass is 379 g/mol. The van der Waals surface area contributed by atoms with Crippen molar-refractivity contribution in [2.45, 2.75) is 103 Å². The number of nitrogens with zero attached hydrogens (tertiary/aromatic N) is 1. The quantitative estimate of drug-likeness (QED) is 0.417. The fraction of sp³-hybridized carbons (Fsp3) is 0.741. The lowest BCUT2D eigenvalue weighted by atomic mass is 9.70. The molecular weight excluding hydrogens is 338 g/mol. The molecule has 2 aliphatic carbocycles. The maximum absolute atomic E-state index is 8.98. The van der Waals surface area contributed by atoms with Crippen molar-refractivity contribution in [3.05, 3.63) is 35.4 Å². The Morgan fingerprint density at radius 2 is 1.54 bits per heavy atom. The molecule has 0 radical (unpaired) electrons. The lowest BCUT2D eigenvalue weighted by Crippen LogP contribution is -2.23. The van der Waals surface area contributed by atoms with Crippen LogP contribution in [0.15, 0.2) is 24.3 Å². The average Bonchev–Trinajstić information content (AvgIpc) is 2.75. The van der Waals surface area contributed by atoms with Gasteiger partial charge >= 0.3 is 0 Å². The zero-order valence-corrected chi connectivity index (χ0v) is 18.3. The number of unbranched alkanes of at least 4 members (excludes halogenated alkanes) is 2. The van der Waals surface area contributed by atoms with Gasteiger partial charge in [-0.2, -0.15) is 5.26 Å². The number of hydrogen-bond acceptors (Lipinski definition) is 1. The van der Waals surface area contributed by atoms with Gasteiger partial charge in [0.1, 0.15) is 0 Å². The summed E-state index contributed by atoms with van der Waals surface area (Å²) in [6.45, 7) is 4.87. The Labute approximate surface area is 173 Å². The maximum atomic E-state index is 8.98. The fourth-order valence-corrected chi connectivity index (χ4v) is 6.01. The molecule has 1 unspecified atom stereocenters. The van der Waals surface area contributed by atoms with E-state index in [0.29, 0.717) is 0 Å². The molecule has 0 N–H and O–H groups in total. The first-order chi connectivity index (χ1) is 13.7. The molecule has 2 saturated carbocycles. The van der Waals surface area contributed by atoms with Crippen molar-refractivity contribution >= 4 is 0 Å². The van der Waals surface area contributed by atoms with Gasteiger partial charge in [0.05, 0.1) is 11.6 Å². The molecule has 0 heterocycles. The zero-order chi connectivity index (χ0) is 19.8. The third kappa shape index (κ3) is 6.10. The Morgan fingerprint density at radius 1 is 0.893 bits per heavy atom. The predicted octanol–water partition coefficient (Wildman–Crippen LogP) is 8.24. The number of benzene rings is 1. The van der Waals surface area contributed by atoms with E-state index >= 15 is 0 Å². The standard InChI is InChI=1S/C27H41N/c1-3-4-5-6-22-7-13-25(14-8-22)21(2)19-23-9-15-26(16-10-23)27-17-11-24(20-28)12-18-27/h11-12,17-18,21-23,25-26H,3-10,13-16,19H2,1-2H3. The van der Waals surface area contributed by atoms with Crippen molar-refractivity contribution in [2.75, 3.05) is 0 Å². The van der Waals surface area contributed by atoms with Crippen LogP contribution in [0.4, 0.5) is 0 Å². The first kappa shape index (κ1) is 21.4. The lowest BCUT2D eigenvalue weighted by Gasteiger charge is -2.36. The molecule has 0 spiro atoms. The summed E-state index contributed by atoms with van der Waals surface area (Å²) >= 11 is 0. The highest BCUT2D eigenvalue weighted by Crippen LogP contribution is 2.42. The summed E-state index contributed by atoms with van der Waals surface area (Å²) in [5.74, 6) is 4.63. The van der Waals surface area contributed by atoms with E-state index in [9.17, 15) is 0 Å². The van der Waals surface area contributed by atoms with Crippen LogP contribution >= 0.6 is 0 Å². The molecule has 2 fully saturated rings. The minimum atomic E-state index is 0.720. The summed E-state index contributed by atoms with van der Waals surface area (Å²) < 4.78 is 0. The van der Waals surface area contributed by atoms with E-state index in [0.717, 1.165) is 35.2 Å². The zero-order valence-electron chi connectivity index (χ0n) is 18.3. The van der Waals surface area contributed by atoms with Crippen molar-refractivity contribution in [3.63, 3.8) is 0 Å². The summed E-state index contributed by atoms with van der Waals surface area (Å²) in [7, 11) is 0. The van der Waals surface area contributed by atoms with Crippen LogP contribution in [0.5, 0.6) is 0 Å². The van der Waals surface area contributed by atoms with Gasteiger partial charge in [-0.25, -0.2) is 0 Å². The Bertz CT molecular complexity index is 594. The van der Waals surface area contributed by atoms with Crippen molar-refractivity contribution < 1.29 is 0 Å². The topological polar surface area (TPSA) is 23.8 Å². The molecule has 0 aliphatic heterocycles. The molecule has 1 atom stereocenters. The van der Waals surface area contributed by atoms with Crippen LogP contribution in [-0.2, 0) is 0 Å². The van der Waals surface area contributed by atoms with Crippen LogP contribution in [0, 0.1) is 35.0 Å². The Morgan fingerprint density at radius 3 is 2.14 bits per heavy atom. The molecule has 0 bridgehead atoms. The molecule has 0 saturated heterocycles. The van der Waals surface area contributed by atoms with E-state index in [-0.39, 0.29) is 0 Å². The van der Waals surface area contributed by atoms with E-state index in [4.69, 9.17) is 5.26 Å². The second-order valence-electron chi connectivity index (χ2n) is 9.94. The third-order valence-electron chi connectivity index (χ3n) is 7.98. The first-order valence-corrected chi connectivity index (χ1v) is 12.2. The highest BCUT2D eigenvalue weighted by atomic mass is 14.3. The van der Waals surface area contributed by atoms with Gasteiger partial charge in [-0.15, -0.1) is 0 Å². The lowest BCUT2D eigenvalue weighted by molar-refractivity contribution is 0.169. The van der Waals surface area contributed by atoms with Gasteiger partial charge in [-0.1, -0.05) is 64.5 Å². The van der Waals surface area contributed by atoms with E-state index in [1.165, 1.54) is 89.0 Å². The van der Waals surface area contributed by atoms with E-state index in [1.807, 2.05) is 12.1 Å². The van der Waals surface area contributed by atoms with Crippen molar-refractivity contribution in [1.82, 2.24) is 0 Å². The van der Waals surface area contributed by atoms with Gasteiger partial charge in [0.15, 0.2) is 0 Å². The van der Waals surface area contributed by atoms with Crippen molar-refractivity contribution in [1.29, 1.82) is 5.26 Å². The fourth-order valence-electron chi connectivity index (χ4n) is 6.01. The van der Waals surface area contributed by atoms with Gasteiger partial charge in [-0.3, -0.25) is 0 Å². The number of rotatable bonds is 8. The predicted molar refractivity (Wildman–Crippen MR) is 119 cm³/mol. The molecule has 1 nitrogen and oxygen atoms in total. The molecule has 1 aromatic rings. The first-order valence-electron chi connectivity index (χ1n) is 12.2. The smallest absolute Gasteiger partial charge is 0.0991 e. The molecule has 2 aliphatic rings. The largest absolute Gasteiger partial charge is 0.192 e. The number of nitriles is 1. The second kappa shape index (κ2) is 11.0. The van der Waals surface area contributed by atoms with Crippen LogP contribution in [0.2, 0.25) is 0 Å². The molecule has 1 aromatic carbocycles. The van der Waals surface area contributed by atoms with Crippen LogP contribution in [0.1, 0.15) is 114 Å². The van der Waals surface area contributed by atoms with Gasteiger partial charge < -0.3 is 0 Å². The van der Waals surface area contributed by atoms with Gasteiger partial charge in [-0.05, 0) is 92.2 Å². The minimum absolute atomic E-state index is 0.720. The van der Waals surface area contributed by atoms with Gasteiger partial charge in [0, 0.05) is 0 Å². The molecule has 154 valence electrons. The van der Waals surface area contributed by atoms with E-state index in [2.05, 4.69) is 32.0 Å². The summed E-state index contributed by atoms with van der Waals surface area (Å²) in [4.78, 5) is 0. The second-order valence-corrected chi connectivity index (χ2v) is 9.94. The van der Waals surface area contributed by atoms with Crippen LogP contribution in [0.25, 0.3) is 0 Å². The normalized spacial score (nSPS) is 29.2. The van der Waals surface area contributed by atoms with Gasteiger partial charge in [0.2, 0.25) is 0 Å². The summed E-state index contributed by atoms with van der Waals surface area (Å²) in [6.07, 6.45) is 18.7. The van der Waals surface area contributed by atoms with E-state index < -0.39 is 0 Å². The molecule has 0 amide bonds. The maximum Gasteiger partial charge on any atom is 0.0991 e. The van der Waals surface area contributed by atoms with Crippen molar-refractivity contribution in [2.24, 2.45) is 23.7 Å². The molecule has 1 heteroatoms. The van der Waals surface area contributed by atoms with Crippen LogP contribution in [-0.4, -0.2) is 0 Å². The van der Waals surface area contributed by atoms with Crippen molar-refractivity contribution in [3.8, 4) is 6.07 Å². The molecule has 3 rings (SSSR count). The Balaban J connectivity index is 1.37. The SMILES string of the molecule is CCCCCC1CCC(C(C)CC2CCC(c3ccc(C#N)cc3)CC2)CC1. The molecule has 28 heavy (non-hydrogen) atoms. The summed E-state index contributed by atoms with van der Waals surface area (Å²) in [5, 5.41) is 8.98. The highest BCUT2D eigenvalue weighted by molar-refractivity contribution is 5.33. The highest BCUT2D eigenvalue weighted by Gasteiger charge is 2.29. The van der Waals surface area contributed by atoms with Gasteiger partial charge in [0.25, 0.3) is 0 Å².